The number of nitrogens with zero attached hydrogens (tertiary/aromatic N) is 1. The van der Waals surface area contributed by atoms with Gasteiger partial charge in [0.2, 0.25) is 0 Å². The lowest BCUT2D eigenvalue weighted by Crippen LogP contribution is -2.07. The van der Waals surface area contributed by atoms with Crippen molar-refractivity contribution in [1.82, 2.24) is 9.55 Å². The average Bonchev–Trinajstić information content (AvgIpc) is 3.85. The van der Waals surface area contributed by atoms with E-state index < -0.39 is 0 Å². The molecule has 0 bridgehead atoms. The first-order chi connectivity index (χ1) is 26.2. The Morgan fingerprint density at radius 2 is 1.23 bits per heavy atom. The number of aromatic nitrogens is 2. The van der Waals surface area contributed by atoms with Crippen molar-refractivity contribution in [3.05, 3.63) is 175 Å². The van der Waals surface area contributed by atoms with Crippen LogP contribution in [-0.4, -0.2) is 48.6 Å². The van der Waals surface area contributed by atoms with E-state index in [1.165, 1.54) is 11.6 Å². The lowest BCUT2D eigenvalue weighted by Gasteiger charge is -2.12. The van der Waals surface area contributed by atoms with Crippen molar-refractivity contribution in [1.29, 1.82) is 0 Å². The molecule has 0 unspecified atom stereocenters. The number of aromatic amines is 1. The zero-order chi connectivity index (χ0) is 36.5. The Morgan fingerprint density at radius 1 is 0.642 bits per heavy atom. The van der Waals surface area contributed by atoms with Crippen LogP contribution < -0.4 is 9.47 Å². The molecule has 0 fully saturated rings. The van der Waals surface area contributed by atoms with E-state index >= 15 is 0 Å². The Kier molecular flexibility index (Phi) is 13.5. The quantitative estimate of drug-likeness (QED) is 0.0612. The summed E-state index contributed by atoms with van der Waals surface area (Å²) in [5, 5.41) is 2.18. The highest BCUT2D eigenvalue weighted by molar-refractivity contribution is 5.95. The van der Waals surface area contributed by atoms with E-state index in [9.17, 15) is 4.79 Å². The van der Waals surface area contributed by atoms with Crippen LogP contribution in [0.15, 0.2) is 158 Å². The number of hydrogen-bond acceptors (Lipinski definition) is 6. The van der Waals surface area contributed by atoms with E-state index in [0.29, 0.717) is 46.2 Å². The van der Waals surface area contributed by atoms with Gasteiger partial charge in [0, 0.05) is 34.8 Å². The molecule has 53 heavy (non-hydrogen) atoms. The van der Waals surface area contributed by atoms with Crippen molar-refractivity contribution >= 4 is 33.5 Å². The van der Waals surface area contributed by atoms with Gasteiger partial charge in [-0.2, -0.15) is 0 Å². The molecular weight excluding hydrogens is 665 g/mol. The van der Waals surface area contributed by atoms with E-state index in [-0.39, 0.29) is 5.97 Å². The standard InChI is InChI=1S/C28H27NO4.C17H17NO2/c1-2-32-28(30)20-27(23-11-7-4-8-12-23)29-16-15-24-19-25(13-14-26(24)29)33-18-17-31-21-22-9-5-3-6-10-22;1-2-4-14(5-3-1)13-19-10-11-20-16-6-7-17-15(12-16)8-9-18-17/h3-16,19-20H,2,17-18,21H2,1H3;1-9,12,18H,10-11,13H2/b27-20+;. The largest absolute Gasteiger partial charge is 0.491 e. The van der Waals surface area contributed by atoms with Crippen molar-refractivity contribution in [2.24, 2.45) is 0 Å². The van der Waals surface area contributed by atoms with Crippen LogP contribution in [0, 0.1) is 0 Å². The molecule has 2 heterocycles. The number of carbonyl (C=O) groups is 1. The Bertz CT molecular complexity index is 2170. The summed E-state index contributed by atoms with van der Waals surface area (Å²) in [7, 11) is 0. The molecule has 0 saturated carbocycles. The second-order valence-electron chi connectivity index (χ2n) is 12.1. The van der Waals surface area contributed by atoms with Gasteiger partial charge in [-0.1, -0.05) is 91.0 Å². The van der Waals surface area contributed by atoms with Crippen molar-refractivity contribution in [3.8, 4) is 11.5 Å². The van der Waals surface area contributed by atoms with Crippen molar-refractivity contribution in [2.45, 2.75) is 20.1 Å². The molecule has 0 amide bonds. The molecule has 0 aliphatic carbocycles. The van der Waals surface area contributed by atoms with Gasteiger partial charge in [0.15, 0.2) is 0 Å². The van der Waals surface area contributed by atoms with Crippen LogP contribution >= 0.6 is 0 Å². The molecule has 8 nitrogen and oxygen atoms in total. The normalized spacial score (nSPS) is 11.2. The van der Waals surface area contributed by atoms with Crippen LogP contribution in [0.5, 0.6) is 11.5 Å². The number of rotatable bonds is 16. The van der Waals surface area contributed by atoms with Gasteiger partial charge in [0.05, 0.1) is 44.2 Å². The molecule has 0 aliphatic rings. The Labute approximate surface area is 310 Å². The van der Waals surface area contributed by atoms with E-state index in [1.54, 1.807) is 6.92 Å². The first kappa shape index (κ1) is 36.7. The maximum absolute atomic E-state index is 12.2. The fraction of sp³-hybridized carbons (Fsp3) is 0.178. The third kappa shape index (κ3) is 11.0. The predicted octanol–water partition coefficient (Wildman–Crippen LogP) is 9.45. The second-order valence-corrected chi connectivity index (χ2v) is 12.1. The Morgan fingerprint density at radius 3 is 1.85 bits per heavy atom. The molecule has 5 aromatic carbocycles. The maximum atomic E-state index is 12.2. The minimum absolute atomic E-state index is 0.333. The lowest BCUT2D eigenvalue weighted by atomic mass is 10.1. The van der Waals surface area contributed by atoms with Gasteiger partial charge >= 0.3 is 5.97 Å². The zero-order valence-corrected chi connectivity index (χ0v) is 29.9. The van der Waals surface area contributed by atoms with Crippen molar-refractivity contribution in [2.75, 3.05) is 33.0 Å². The first-order valence-electron chi connectivity index (χ1n) is 17.8. The number of benzene rings is 5. The van der Waals surface area contributed by atoms with Crippen LogP contribution in [0.1, 0.15) is 23.6 Å². The van der Waals surface area contributed by atoms with Gasteiger partial charge in [0.1, 0.15) is 24.7 Å². The Balaban J connectivity index is 0.000000204. The molecule has 2 aromatic heterocycles. The van der Waals surface area contributed by atoms with Gasteiger partial charge in [-0.05, 0) is 72.1 Å². The SMILES string of the molecule is CCOC(=O)/C=C(\c1ccccc1)n1ccc2cc(OCCOCc3ccccc3)ccc21.c1ccc(COCCOc2ccc3[nH]ccc3c2)cc1. The summed E-state index contributed by atoms with van der Waals surface area (Å²) in [6.07, 6.45) is 5.42. The highest BCUT2D eigenvalue weighted by atomic mass is 16.5. The van der Waals surface area contributed by atoms with Crippen LogP contribution in [-0.2, 0) is 32.2 Å². The lowest BCUT2D eigenvalue weighted by molar-refractivity contribution is -0.137. The van der Waals surface area contributed by atoms with Gasteiger partial charge < -0.3 is 33.2 Å². The van der Waals surface area contributed by atoms with Crippen LogP contribution in [0.3, 0.4) is 0 Å². The van der Waals surface area contributed by atoms with Crippen LogP contribution in [0.2, 0.25) is 0 Å². The number of carbonyl (C=O) groups excluding carboxylic acids is 1. The number of nitrogens with one attached hydrogen (secondary N) is 1. The third-order valence-electron chi connectivity index (χ3n) is 8.27. The summed E-state index contributed by atoms with van der Waals surface area (Å²) in [6, 6.07) is 46.0. The monoisotopic (exact) mass is 708 g/mol. The fourth-order valence-corrected chi connectivity index (χ4v) is 5.70. The van der Waals surface area contributed by atoms with Gasteiger partial charge in [-0.3, -0.25) is 0 Å². The molecule has 0 atom stereocenters. The summed E-state index contributed by atoms with van der Waals surface area (Å²) in [5.41, 5.74) is 6.11. The molecule has 270 valence electrons. The summed E-state index contributed by atoms with van der Waals surface area (Å²) in [4.78, 5) is 15.4. The van der Waals surface area contributed by atoms with Gasteiger partial charge in [-0.15, -0.1) is 0 Å². The second kappa shape index (κ2) is 19.5. The first-order valence-corrected chi connectivity index (χ1v) is 17.8. The predicted molar refractivity (Wildman–Crippen MR) is 210 cm³/mol. The molecule has 7 rings (SSSR count). The summed E-state index contributed by atoms with van der Waals surface area (Å²) in [5.74, 6) is 1.29. The number of hydrogen-bond donors (Lipinski definition) is 1. The molecule has 1 N–H and O–H groups in total. The molecule has 0 radical (unpaired) electrons. The van der Waals surface area contributed by atoms with Crippen molar-refractivity contribution < 1.29 is 28.5 Å². The van der Waals surface area contributed by atoms with Crippen LogP contribution in [0.4, 0.5) is 0 Å². The Hall–Kier alpha value is -6.09. The average molecular weight is 709 g/mol. The highest BCUT2D eigenvalue weighted by Crippen LogP contribution is 2.28. The topological polar surface area (TPSA) is 83.9 Å². The minimum Gasteiger partial charge on any atom is -0.491 e. The minimum atomic E-state index is -0.367. The van der Waals surface area contributed by atoms with E-state index in [1.807, 2.05) is 144 Å². The highest BCUT2D eigenvalue weighted by Gasteiger charge is 2.12. The van der Waals surface area contributed by atoms with Gasteiger partial charge in [-0.25, -0.2) is 4.79 Å². The third-order valence-corrected chi connectivity index (χ3v) is 8.27. The zero-order valence-electron chi connectivity index (χ0n) is 29.9. The fourth-order valence-electron chi connectivity index (χ4n) is 5.70. The smallest absolute Gasteiger partial charge is 0.332 e. The molecule has 0 saturated heterocycles. The number of H-pyrrole nitrogens is 1. The van der Waals surface area contributed by atoms with E-state index in [0.717, 1.165) is 50.1 Å². The van der Waals surface area contributed by atoms with E-state index in [4.69, 9.17) is 23.7 Å². The van der Waals surface area contributed by atoms with Crippen molar-refractivity contribution in [3.63, 3.8) is 0 Å². The van der Waals surface area contributed by atoms with Crippen LogP contribution in [0.25, 0.3) is 27.5 Å². The number of fused-ring (bicyclic) bond motifs is 2. The molecular formula is C45H44N2O6. The molecule has 8 heteroatoms. The molecule has 0 aliphatic heterocycles. The molecule has 7 aromatic rings. The number of esters is 1. The molecule has 0 spiro atoms. The maximum Gasteiger partial charge on any atom is 0.332 e. The summed E-state index contributed by atoms with van der Waals surface area (Å²) >= 11 is 0. The van der Waals surface area contributed by atoms with Gasteiger partial charge in [0.25, 0.3) is 0 Å². The number of ether oxygens (including phenoxy) is 5. The summed E-state index contributed by atoms with van der Waals surface area (Å²) in [6.45, 7) is 5.45. The summed E-state index contributed by atoms with van der Waals surface area (Å²) < 4.78 is 30.0. The van der Waals surface area contributed by atoms with E-state index in [2.05, 4.69) is 17.1 Å².